The van der Waals surface area contributed by atoms with Crippen LogP contribution in [0.2, 0.25) is 0 Å². The maximum Gasteiger partial charge on any atom is 0.305 e. The summed E-state index contributed by atoms with van der Waals surface area (Å²) in [4.78, 5) is 11.5. The zero-order valence-corrected chi connectivity index (χ0v) is 21.4. The molecule has 0 amide bonds. The molecular weight excluding hydrogens is 452 g/mol. The van der Waals surface area contributed by atoms with Crippen LogP contribution in [0.5, 0.6) is 5.75 Å². The summed E-state index contributed by atoms with van der Waals surface area (Å²) in [6.45, 7) is 6.85. The second kappa shape index (κ2) is 13.1. The molecule has 3 aromatic rings. The van der Waals surface area contributed by atoms with Crippen molar-refractivity contribution in [3.05, 3.63) is 77.4 Å². The van der Waals surface area contributed by atoms with E-state index in [0.717, 1.165) is 12.0 Å². The predicted octanol–water partition coefficient (Wildman–Crippen LogP) is 4.95. The second-order valence-electron chi connectivity index (χ2n) is 9.69. The fourth-order valence-electron chi connectivity index (χ4n) is 4.18. The van der Waals surface area contributed by atoms with E-state index in [0.29, 0.717) is 43.7 Å². The van der Waals surface area contributed by atoms with Crippen LogP contribution in [0.4, 0.5) is 0 Å². The Bertz CT molecular complexity index is 1200. The number of hydrogen-bond acceptors (Lipinski definition) is 6. The van der Waals surface area contributed by atoms with Gasteiger partial charge in [-0.15, -0.1) is 0 Å². The number of carbonyl (C=O) groups is 1. The topological polar surface area (TPSA) is 91.6 Å². The molecule has 0 aromatic heterocycles. The first-order chi connectivity index (χ1) is 17.3. The Morgan fingerprint density at radius 1 is 1.08 bits per heavy atom. The molecule has 0 fully saturated rings. The number of hydrogen-bond donors (Lipinski definition) is 2. The molecule has 190 valence electrons. The van der Waals surface area contributed by atoms with Gasteiger partial charge in [-0.25, -0.2) is 0 Å². The molecule has 2 N–H and O–H groups in total. The van der Waals surface area contributed by atoms with Gasteiger partial charge in [0.05, 0.1) is 12.2 Å². The van der Waals surface area contributed by atoms with E-state index in [1.807, 2.05) is 18.2 Å². The molecule has 1 atom stereocenters. The molecule has 0 saturated heterocycles. The number of ether oxygens (including phenoxy) is 2. The number of nitriles is 1. The molecule has 0 aliphatic carbocycles. The zero-order chi connectivity index (χ0) is 26.0. The molecule has 6 heteroatoms. The molecule has 6 nitrogen and oxygen atoms in total. The fourth-order valence-corrected chi connectivity index (χ4v) is 4.18. The molecule has 36 heavy (non-hydrogen) atoms. The third-order valence-electron chi connectivity index (χ3n) is 6.02. The van der Waals surface area contributed by atoms with Crippen LogP contribution in [-0.2, 0) is 22.4 Å². The summed E-state index contributed by atoms with van der Waals surface area (Å²) in [6, 6.07) is 22.4. The number of nitrogens with one attached hydrogen (secondary N) is 1. The molecule has 0 heterocycles. The first-order valence-electron chi connectivity index (χ1n) is 12.5. The van der Waals surface area contributed by atoms with Gasteiger partial charge < -0.3 is 19.9 Å². The molecule has 3 rings (SSSR count). The summed E-state index contributed by atoms with van der Waals surface area (Å²) in [5.74, 6) is 0.238. The number of aliphatic hydroxyl groups excluding tert-OH is 1. The number of aliphatic hydroxyl groups is 1. The SMILES string of the molecule is CCOC(=O)CCCc1ccc(OCC(O)CNC(C)(C)Cc2ccc3ccccc3c2)c(C#N)c1. The van der Waals surface area contributed by atoms with Crippen LogP contribution in [0.25, 0.3) is 10.8 Å². The van der Waals surface area contributed by atoms with Crippen LogP contribution in [0.1, 0.15) is 50.3 Å². The summed E-state index contributed by atoms with van der Waals surface area (Å²) in [7, 11) is 0. The average Bonchev–Trinajstić information content (AvgIpc) is 2.86. The number of carbonyl (C=O) groups excluding carboxylic acids is 1. The third kappa shape index (κ3) is 8.37. The monoisotopic (exact) mass is 488 g/mol. The first-order valence-corrected chi connectivity index (χ1v) is 12.5. The van der Waals surface area contributed by atoms with E-state index in [-0.39, 0.29) is 18.1 Å². The van der Waals surface area contributed by atoms with Gasteiger partial charge in [0, 0.05) is 18.5 Å². The van der Waals surface area contributed by atoms with Crippen LogP contribution < -0.4 is 10.1 Å². The number of rotatable bonds is 13. The zero-order valence-electron chi connectivity index (χ0n) is 21.4. The van der Waals surface area contributed by atoms with Crippen LogP contribution >= 0.6 is 0 Å². The molecule has 0 spiro atoms. The van der Waals surface area contributed by atoms with Gasteiger partial charge in [0.25, 0.3) is 0 Å². The van der Waals surface area contributed by atoms with E-state index >= 15 is 0 Å². The summed E-state index contributed by atoms with van der Waals surface area (Å²) >= 11 is 0. The quantitative estimate of drug-likeness (QED) is 0.331. The van der Waals surface area contributed by atoms with E-state index in [4.69, 9.17) is 9.47 Å². The maximum absolute atomic E-state index is 11.5. The van der Waals surface area contributed by atoms with Crippen molar-refractivity contribution in [2.45, 2.75) is 58.1 Å². The Morgan fingerprint density at radius 3 is 2.58 bits per heavy atom. The van der Waals surface area contributed by atoms with E-state index < -0.39 is 6.10 Å². The minimum absolute atomic E-state index is 0.0793. The van der Waals surface area contributed by atoms with Crippen molar-refractivity contribution in [1.82, 2.24) is 5.32 Å². The Hall–Kier alpha value is -3.40. The largest absolute Gasteiger partial charge is 0.489 e. The van der Waals surface area contributed by atoms with Gasteiger partial charge in [-0.2, -0.15) is 5.26 Å². The number of aryl methyl sites for hydroxylation is 1. The summed E-state index contributed by atoms with van der Waals surface area (Å²) in [6.07, 6.45) is 1.78. The van der Waals surface area contributed by atoms with Crippen molar-refractivity contribution in [2.75, 3.05) is 19.8 Å². The van der Waals surface area contributed by atoms with E-state index in [1.54, 1.807) is 19.1 Å². The predicted molar refractivity (Wildman–Crippen MR) is 142 cm³/mol. The Morgan fingerprint density at radius 2 is 1.83 bits per heavy atom. The highest BCUT2D eigenvalue weighted by molar-refractivity contribution is 5.83. The van der Waals surface area contributed by atoms with Gasteiger partial charge in [0.2, 0.25) is 0 Å². The summed E-state index contributed by atoms with van der Waals surface area (Å²) in [5, 5.41) is 25.9. The highest BCUT2D eigenvalue weighted by Gasteiger charge is 2.20. The lowest BCUT2D eigenvalue weighted by Gasteiger charge is -2.28. The number of esters is 1. The lowest BCUT2D eigenvalue weighted by molar-refractivity contribution is -0.143. The van der Waals surface area contributed by atoms with E-state index in [9.17, 15) is 15.2 Å². The Balaban J connectivity index is 1.47. The molecule has 1 unspecified atom stereocenters. The summed E-state index contributed by atoms with van der Waals surface area (Å²) in [5.41, 5.74) is 2.39. The van der Waals surface area contributed by atoms with Gasteiger partial charge in [-0.3, -0.25) is 4.79 Å². The molecule has 0 aliphatic heterocycles. The number of benzene rings is 3. The lowest BCUT2D eigenvalue weighted by atomic mass is 9.93. The fraction of sp³-hybridized carbons (Fsp3) is 0.400. The van der Waals surface area contributed by atoms with Gasteiger partial charge in [-0.1, -0.05) is 48.5 Å². The number of nitrogens with zero attached hydrogens (tertiary/aromatic N) is 1. The molecule has 0 saturated carbocycles. The average molecular weight is 489 g/mol. The number of fused-ring (bicyclic) bond motifs is 1. The molecule has 3 aromatic carbocycles. The Kier molecular flexibility index (Phi) is 9.86. The first kappa shape index (κ1) is 27.2. The van der Waals surface area contributed by atoms with Crippen molar-refractivity contribution in [1.29, 1.82) is 5.26 Å². The van der Waals surface area contributed by atoms with Crippen molar-refractivity contribution >= 4 is 16.7 Å². The van der Waals surface area contributed by atoms with Crippen molar-refractivity contribution in [3.63, 3.8) is 0 Å². The highest BCUT2D eigenvalue weighted by Crippen LogP contribution is 2.22. The third-order valence-corrected chi connectivity index (χ3v) is 6.02. The molecule has 0 aliphatic rings. The minimum Gasteiger partial charge on any atom is -0.489 e. The van der Waals surface area contributed by atoms with E-state index in [1.165, 1.54) is 16.3 Å². The second-order valence-corrected chi connectivity index (χ2v) is 9.69. The smallest absolute Gasteiger partial charge is 0.305 e. The van der Waals surface area contributed by atoms with Crippen LogP contribution in [0.3, 0.4) is 0 Å². The lowest BCUT2D eigenvalue weighted by Crippen LogP contribution is -2.46. The summed E-state index contributed by atoms with van der Waals surface area (Å²) < 4.78 is 10.7. The van der Waals surface area contributed by atoms with E-state index in [2.05, 4.69) is 55.6 Å². The van der Waals surface area contributed by atoms with Crippen molar-refractivity contribution < 1.29 is 19.4 Å². The standard InChI is InChI=1S/C30H36N2O4/c1-4-35-29(34)11-7-8-22-13-15-28(26(16-22)19-31)36-21-27(33)20-32-30(2,3)18-23-12-14-24-9-5-6-10-25(24)17-23/h5-6,9-10,12-17,27,32-33H,4,7-8,11,18,20-21H2,1-3H3. The van der Waals surface area contributed by atoms with Crippen LogP contribution in [-0.4, -0.2) is 42.5 Å². The van der Waals surface area contributed by atoms with Gasteiger partial charge >= 0.3 is 5.97 Å². The molecule has 0 bridgehead atoms. The minimum atomic E-state index is -0.725. The van der Waals surface area contributed by atoms with Gasteiger partial charge in [-0.05, 0) is 74.1 Å². The van der Waals surface area contributed by atoms with Crippen molar-refractivity contribution in [3.8, 4) is 11.8 Å². The van der Waals surface area contributed by atoms with Crippen molar-refractivity contribution in [2.24, 2.45) is 0 Å². The maximum atomic E-state index is 11.5. The van der Waals surface area contributed by atoms with Gasteiger partial charge in [0.1, 0.15) is 24.5 Å². The molecular formula is C30H36N2O4. The molecule has 0 radical (unpaired) electrons. The van der Waals surface area contributed by atoms with Crippen LogP contribution in [0, 0.1) is 11.3 Å². The normalized spacial score (nSPS) is 12.2. The number of β-amino-alcohol motifs (C(OH)–C–C–N with tert-alkyl or cyclic N) is 1. The Labute approximate surface area is 213 Å². The highest BCUT2D eigenvalue weighted by atomic mass is 16.5. The van der Waals surface area contributed by atoms with Gasteiger partial charge in [0.15, 0.2) is 0 Å². The van der Waals surface area contributed by atoms with Crippen LogP contribution in [0.15, 0.2) is 60.7 Å².